The Kier molecular flexibility index (Phi) is 6.39. The highest BCUT2D eigenvalue weighted by Crippen LogP contribution is 2.44. The number of hydrogen-bond acceptors (Lipinski definition) is 3. The Bertz CT molecular complexity index is 2830. The zero-order valence-electron chi connectivity index (χ0n) is 26.5. The summed E-state index contributed by atoms with van der Waals surface area (Å²) in [6, 6.07) is 63.2. The van der Waals surface area contributed by atoms with E-state index in [0.717, 1.165) is 50.1 Å². The van der Waals surface area contributed by atoms with Crippen LogP contribution in [-0.2, 0) is 0 Å². The molecule has 2 nitrogen and oxygen atoms in total. The summed E-state index contributed by atoms with van der Waals surface area (Å²) < 4.78 is 8.84. The van der Waals surface area contributed by atoms with Crippen molar-refractivity contribution in [2.45, 2.75) is 0 Å². The molecule has 49 heavy (non-hydrogen) atoms. The van der Waals surface area contributed by atoms with E-state index in [9.17, 15) is 0 Å². The molecule has 2 aromatic heterocycles. The van der Waals surface area contributed by atoms with Gasteiger partial charge in [0.25, 0.3) is 0 Å². The molecule has 0 radical (unpaired) electrons. The van der Waals surface area contributed by atoms with Gasteiger partial charge in [-0.2, -0.15) is 0 Å². The molecule has 3 heteroatoms. The number of rotatable bonds is 5. The van der Waals surface area contributed by atoms with Crippen LogP contribution in [0.1, 0.15) is 0 Å². The van der Waals surface area contributed by atoms with E-state index in [0.29, 0.717) is 0 Å². The molecule has 0 unspecified atom stereocenters. The van der Waals surface area contributed by atoms with Crippen molar-refractivity contribution in [3.8, 4) is 22.3 Å². The standard InChI is InChI=1S/C46H29NOS/c1-2-12-34(13-3-1)47(35-24-20-30(21-25-35)32-22-26-39-38-15-4-6-18-41(38)48-42(39)29-32)36-14-8-11-33(28-36)37-17-9-10-31-23-27-44-46(45(31)37)40-16-5-7-19-43(40)49-44/h1-29H. The quantitative estimate of drug-likeness (QED) is 0.186. The van der Waals surface area contributed by atoms with Gasteiger partial charge in [-0.05, 0) is 99.8 Å². The van der Waals surface area contributed by atoms with Gasteiger partial charge in [0.15, 0.2) is 0 Å². The number of hydrogen-bond donors (Lipinski definition) is 0. The molecule has 0 saturated carbocycles. The summed E-state index contributed by atoms with van der Waals surface area (Å²) in [6.07, 6.45) is 0. The second-order valence-electron chi connectivity index (χ2n) is 12.5. The average molecular weight is 644 g/mol. The number of fused-ring (bicyclic) bond motifs is 8. The van der Waals surface area contributed by atoms with Crippen molar-refractivity contribution in [1.82, 2.24) is 0 Å². The Morgan fingerprint density at radius 3 is 2.00 bits per heavy atom. The minimum absolute atomic E-state index is 0.909. The first kappa shape index (κ1) is 27.9. The maximum absolute atomic E-state index is 6.20. The fourth-order valence-corrected chi connectivity index (χ4v) is 8.49. The Labute approximate surface area is 287 Å². The Balaban J connectivity index is 1.09. The molecule has 0 amide bonds. The van der Waals surface area contributed by atoms with Gasteiger partial charge in [-0.15, -0.1) is 11.3 Å². The number of para-hydroxylation sites is 2. The number of furan rings is 1. The van der Waals surface area contributed by atoms with Crippen LogP contribution in [0.3, 0.4) is 0 Å². The molecule has 10 rings (SSSR count). The van der Waals surface area contributed by atoms with E-state index < -0.39 is 0 Å². The molecule has 8 aromatic carbocycles. The first-order valence-electron chi connectivity index (χ1n) is 16.6. The van der Waals surface area contributed by atoms with Crippen molar-refractivity contribution in [2.75, 3.05) is 4.90 Å². The van der Waals surface area contributed by atoms with Gasteiger partial charge in [0.1, 0.15) is 11.2 Å². The lowest BCUT2D eigenvalue weighted by atomic mass is 9.94. The molecule has 0 saturated heterocycles. The Morgan fingerprint density at radius 2 is 1.10 bits per heavy atom. The van der Waals surface area contributed by atoms with Gasteiger partial charge in [-0.3, -0.25) is 0 Å². The lowest BCUT2D eigenvalue weighted by molar-refractivity contribution is 0.669. The van der Waals surface area contributed by atoms with Crippen LogP contribution in [-0.4, -0.2) is 0 Å². The van der Waals surface area contributed by atoms with Gasteiger partial charge >= 0.3 is 0 Å². The van der Waals surface area contributed by atoms with Crippen LogP contribution in [0.25, 0.3) is 75.1 Å². The lowest BCUT2D eigenvalue weighted by Gasteiger charge is -2.26. The summed E-state index contributed by atoms with van der Waals surface area (Å²) in [5.74, 6) is 0. The highest BCUT2D eigenvalue weighted by Gasteiger charge is 2.17. The first-order chi connectivity index (χ1) is 24.3. The summed E-state index contributed by atoms with van der Waals surface area (Å²) in [5.41, 5.74) is 9.88. The van der Waals surface area contributed by atoms with Crippen molar-refractivity contribution in [1.29, 1.82) is 0 Å². The molecule has 0 fully saturated rings. The minimum Gasteiger partial charge on any atom is -0.456 e. The van der Waals surface area contributed by atoms with Crippen LogP contribution >= 0.6 is 11.3 Å². The second-order valence-corrected chi connectivity index (χ2v) is 13.6. The third-order valence-electron chi connectivity index (χ3n) is 9.65. The lowest BCUT2D eigenvalue weighted by Crippen LogP contribution is -2.09. The summed E-state index contributed by atoms with van der Waals surface area (Å²) >= 11 is 1.87. The Morgan fingerprint density at radius 1 is 0.388 bits per heavy atom. The number of thiophene rings is 1. The van der Waals surface area contributed by atoms with E-state index in [2.05, 4.69) is 169 Å². The zero-order valence-corrected chi connectivity index (χ0v) is 27.3. The van der Waals surface area contributed by atoms with Crippen molar-refractivity contribution in [3.05, 3.63) is 176 Å². The molecule has 0 aliphatic rings. The van der Waals surface area contributed by atoms with Crippen LogP contribution in [0.4, 0.5) is 17.1 Å². The molecule has 0 aliphatic carbocycles. The van der Waals surface area contributed by atoms with Gasteiger partial charge in [0.05, 0.1) is 0 Å². The average Bonchev–Trinajstić information content (AvgIpc) is 3.74. The van der Waals surface area contributed by atoms with Crippen LogP contribution in [0.15, 0.2) is 180 Å². The smallest absolute Gasteiger partial charge is 0.136 e. The molecule has 2 heterocycles. The van der Waals surface area contributed by atoms with E-state index in [1.165, 1.54) is 42.1 Å². The van der Waals surface area contributed by atoms with Crippen LogP contribution in [0, 0.1) is 0 Å². The third-order valence-corrected chi connectivity index (χ3v) is 10.8. The second kappa shape index (κ2) is 11.2. The molecule has 0 atom stereocenters. The molecular weight excluding hydrogens is 615 g/mol. The van der Waals surface area contributed by atoms with Gasteiger partial charge in [-0.1, -0.05) is 109 Å². The molecular formula is C46H29NOS. The highest BCUT2D eigenvalue weighted by molar-refractivity contribution is 7.26. The van der Waals surface area contributed by atoms with Gasteiger partial charge < -0.3 is 9.32 Å². The van der Waals surface area contributed by atoms with Gasteiger partial charge in [-0.25, -0.2) is 0 Å². The highest BCUT2D eigenvalue weighted by atomic mass is 32.1. The largest absolute Gasteiger partial charge is 0.456 e. The first-order valence-corrected chi connectivity index (χ1v) is 17.4. The number of anilines is 3. The van der Waals surface area contributed by atoms with Crippen LogP contribution < -0.4 is 4.90 Å². The van der Waals surface area contributed by atoms with E-state index in [1.807, 2.05) is 23.5 Å². The monoisotopic (exact) mass is 643 g/mol. The predicted octanol–water partition coefficient (Wildman–Crippen LogP) is 13.9. The molecule has 0 aliphatic heterocycles. The van der Waals surface area contributed by atoms with E-state index in [4.69, 9.17) is 4.42 Å². The van der Waals surface area contributed by atoms with E-state index >= 15 is 0 Å². The third kappa shape index (κ3) is 4.62. The molecule has 0 spiro atoms. The number of nitrogens with zero attached hydrogens (tertiary/aromatic N) is 1. The van der Waals surface area contributed by atoms with E-state index in [1.54, 1.807) is 0 Å². The summed E-state index contributed by atoms with van der Waals surface area (Å²) in [6.45, 7) is 0. The molecule has 0 N–H and O–H groups in total. The predicted molar refractivity (Wildman–Crippen MR) is 210 cm³/mol. The maximum atomic E-state index is 6.20. The summed E-state index contributed by atoms with van der Waals surface area (Å²) in [5, 5.41) is 7.53. The maximum Gasteiger partial charge on any atom is 0.136 e. The SMILES string of the molecule is c1ccc(N(c2ccc(-c3ccc4c(c3)oc3ccccc34)cc2)c2cccc(-c3cccc4ccc5sc6ccccc6c5c34)c2)cc1. The van der Waals surface area contributed by atoms with Crippen molar-refractivity contribution < 1.29 is 4.42 Å². The van der Waals surface area contributed by atoms with Gasteiger partial charge in [0, 0.05) is 48.0 Å². The topological polar surface area (TPSA) is 16.4 Å². The van der Waals surface area contributed by atoms with Crippen molar-refractivity contribution in [3.63, 3.8) is 0 Å². The Hall–Kier alpha value is -6.16. The number of benzene rings is 8. The van der Waals surface area contributed by atoms with Crippen LogP contribution in [0.5, 0.6) is 0 Å². The zero-order chi connectivity index (χ0) is 32.3. The molecule has 10 aromatic rings. The summed E-state index contributed by atoms with van der Waals surface area (Å²) in [7, 11) is 0. The minimum atomic E-state index is 0.909. The summed E-state index contributed by atoms with van der Waals surface area (Å²) in [4.78, 5) is 2.34. The van der Waals surface area contributed by atoms with Crippen molar-refractivity contribution in [2.24, 2.45) is 0 Å². The van der Waals surface area contributed by atoms with Crippen LogP contribution in [0.2, 0.25) is 0 Å². The van der Waals surface area contributed by atoms with E-state index in [-0.39, 0.29) is 0 Å². The van der Waals surface area contributed by atoms with Gasteiger partial charge in [0.2, 0.25) is 0 Å². The normalized spacial score (nSPS) is 11.7. The van der Waals surface area contributed by atoms with Crippen molar-refractivity contribution >= 4 is 81.3 Å². The molecule has 0 bridgehead atoms. The fourth-order valence-electron chi connectivity index (χ4n) is 7.38. The molecule has 230 valence electrons. The fraction of sp³-hybridized carbons (Fsp3) is 0.